The summed E-state index contributed by atoms with van der Waals surface area (Å²) in [6.07, 6.45) is -2.67. The summed E-state index contributed by atoms with van der Waals surface area (Å²) in [7, 11) is 0. The number of nitrogens with two attached hydrogens (primary N) is 1. The van der Waals surface area contributed by atoms with Crippen LogP contribution in [-0.2, 0) is 22.7 Å². The first-order valence-corrected chi connectivity index (χ1v) is 9.90. The fraction of sp³-hybridized carbons (Fsp3) is 0.409. The lowest BCUT2D eigenvalue weighted by Crippen LogP contribution is -2.47. The molecule has 162 valence electrons. The molecule has 2 aromatic carbocycles. The molecule has 8 heteroatoms. The van der Waals surface area contributed by atoms with Crippen molar-refractivity contribution in [2.75, 3.05) is 32.0 Å². The lowest BCUT2D eigenvalue weighted by molar-refractivity contribution is -0.137. The summed E-state index contributed by atoms with van der Waals surface area (Å²) in [5, 5.41) is 5.64. The van der Waals surface area contributed by atoms with Gasteiger partial charge in [-0.05, 0) is 48.6 Å². The molecule has 5 nitrogen and oxygen atoms in total. The molecule has 30 heavy (non-hydrogen) atoms. The number of hydrogen-bond donors (Lipinski definition) is 3. The number of benzene rings is 2. The molecule has 2 aromatic rings. The first kappa shape index (κ1) is 22.0. The number of carbonyl (C=O) groups is 1. The van der Waals surface area contributed by atoms with Crippen LogP contribution in [0.2, 0.25) is 0 Å². The number of carbonyl (C=O) groups excluding carboxylic acids is 1. The number of urea groups is 1. The summed E-state index contributed by atoms with van der Waals surface area (Å²) in [5.41, 5.74) is 6.69. The zero-order valence-corrected chi connectivity index (χ0v) is 16.6. The molecule has 4 N–H and O–H groups in total. The maximum atomic E-state index is 13.2. The molecule has 1 saturated heterocycles. The van der Waals surface area contributed by atoms with Crippen molar-refractivity contribution >= 4 is 11.7 Å². The molecular formula is C22H26F3N3O2. The third-order valence-electron chi connectivity index (χ3n) is 5.52. The monoisotopic (exact) mass is 421 g/mol. The van der Waals surface area contributed by atoms with E-state index in [1.54, 1.807) is 18.2 Å². The lowest BCUT2D eigenvalue weighted by Gasteiger charge is -2.38. The Bertz CT molecular complexity index is 847. The van der Waals surface area contributed by atoms with Crippen LogP contribution in [0, 0.1) is 0 Å². The second-order valence-electron chi connectivity index (χ2n) is 7.57. The summed E-state index contributed by atoms with van der Waals surface area (Å²) in [4.78, 5) is 12.3. The molecule has 0 bridgehead atoms. The molecule has 1 heterocycles. The number of hydrogen-bond acceptors (Lipinski definition) is 3. The molecule has 0 unspecified atom stereocenters. The van der Waals surface area contributed by atoms with Gasteiger partial charge in [-0.1, -0.05) is 30.3 Å². The number of nitrogen functional groups attached to an aromatic ring is 1. The molecule has 0 aromatic heterocycles. The fourth-order valence-corrected chi connectivity index (χ4v) is 3.67. The van der Waals surface area contributed by atoms with E-state index in [1.807, 2.05) is 12.1 Å². The summed E-state index contributed by atoms with van der Waals surface area (Å²) in [6.45, 7) is 1.56. The van der Waals surface area contributed by atoms with E-state index >= 15 is 0 Å². The predicted octanol–water partition coefficient (Wildman–Crippen LogP) is 3.88. The highest BCUT2D eigenvalue weighted by atomic mass is 19.4. The van der Waals surface area contributed by atoms with Gasteiger partial charge in [0.2, 0.25) is 0 Å². The maximum Gasteiger partial charge on any atom is 0.416 e. The Hall–Kier alpha value is -2.74. The Balaban J connectivity index is 1.61. The average Bonchev–Trinajstić information content (AvgIpc) is 2.74. The molecule has 0 saturated carbocycles. The van der Waals surface area contributed by atoms with E-state index in [0.717, 1.165) is 11.6 Å². The molecule has 0 spiro atoms. The van der Waals surface area contributed by atoms with E-state index in [-0.39, 0.29) is 12.6 Å². The van der Waals surface area contributed by atoms with Crippen LogP contribution in [0.5, 0.6) is 0 Å². The van der Waals surface area contributed by atoms with E-state index < -0.39 is 17.2 Å². The van der Waals surface area contributed by atoms with Crippen LogP contribution >= 0.6 is 0 Å². The Morgan fingerprint density at radius 3 is 2.43 bits per heavy atom. The van der Waals surface area contributed by atoms with E-state index in [4.69, 9.17) is 10.5 Å². The molecule has 0 atom stereocenters. The SMILES string of the molecule is Nc1ccc(CCNC(=O)NCC2(c3cccc(C(F)(F)F)c3)CCOCC2)cc1. The molecule has 2 amide bonds. The topological polar surface area (TPSA) is 76.4 Å². The zero-order valence-electron chi connectivity index (χ0n) is 16.6. The first-order valence-electron chi connectivity index (χ1n) is 9.90. The van der Waals surface area contributed by atoms with Crippen molar-refractivity contribution in [3.05, 3.63) is 65.2 Å². The minimum absolute atomic E-state index is 0.241. The van der Waals surface area contributed by atoms with Gasteiger partial charge in [-0.2, -0.15) is 13.2 Å². The van der Waals surface area contributed by atoms with Crippen LogP contribution in [0.3, 0.4) is 0 Å². The number of alkyl halides is 3. The smallest absolute Gasteiger partial charge is 0.399 e. The van der Waals surface area contributed by atoms with Gasteiger partial charge in [0.15, 0.2) is 0 Å². The van der Waals surface area contributed by atoms with Crippen molar-refractivity contribution in [2.45, 2.75) is 30.9 Å². The van der Waals surface area contributed by atoms with E-state index in [9.17, 15) is 18.0 Å². The van der Waals surface area contributed by atoms with Gasteiger partial charge in [0.1, 0.15) is 0 Å². The van der Waals surface area contributed by atoms with Crippen molar-refractivity contribution in [1.29, 1.82) is 0 Å². The molecule has 1 aliphatic rings. The van der Waals surface area contributed by atoms with Gasteiger partial charge in [0.05, 0.1) is 5.56 Å². The molecule has 3 rings (SSSR count). The lowest BCUT2D eigenvalue weighted by atomic mass is 9.73. The first-order chi connectivity index (χ1) is 14.3. The Morgan fingerprint density at radius 2 is 1.77 bits per heavy atom. The molecule has 0 radical (unpaired) electrons. The van der Waals surface area contributed by atoms with Crippen LogP contribution in [-0.4, -0.2) is 32.3 Å². The van der Waals surface area contributed by atoms with Crippen molar-refractivity contribution in [3.63, 3.8) is 0 Å². The standard InChI is InChI=1S/C22H26F3N3O2/c23-22(24,25)18-3-1-2-17(14-18)21(9-12-30-13-10-21)15-28-20(29)27-11-8-16-4-6-19(26)7-5-16/h1-7,14H,8-13,15,26H2,(H2,27,28,29). The van der Waals surface area contributed by atoms with Gasteiger partial charge < -0.3 is 21.1 Å². The molecule has 0 aliphatic carbocycles. The highest BCUT2D eigenvalue weighted by Crippen LogP contribution is 2.37. The van der Waals surface area contributed by atoms with Gasteiger partial charge >= 0.3 is 12.2 Å². The summed E-state index contributed by atoms with van der Waals surface area (Å²) < 4.78 is 44.9. The summed E-state index contributed by atoms with van der Waals surface area (Å²) in [5.74, 6) is 0. The number of halogens is 3. The molecule has 1 fully saturated rings. The Labute approximate surface area is 173 Å². The summed E-state index contributed by atoms with van der Waals surface area (Å²) >= 11 is 0. The second kappa shape index (κ2) is 9.38. The second-order valence-corrected chi connectivity index (χ2v) is 7.57. The van der Waals surface area contributed by atoms with Crippen molar-refractivity contribution in [3.8, 4) is 0 Å². The van der Waals surface area contributed by atoms with Gasteiger partial charge in [-0.3, -0.25) is 0 Å². The van der Waals surface area contributed by atoms with Crippen LogP contribution in [0.1, 0.15) is 29.5 Å². The average molecular weight is 421 g/mol. The van der Waals surface area contributed by atoms with Gasteiger partial charge in [-0.25, -0.2) is 4.79 Å². The van der Waals surface area contributed by atoms with Crippen LogP contribution in [0.15, 0.2) is 48.5 Å². The van der Waals surface area contributed by atoms with Crippen molar-refractivity contribution in [1.82, 2.24) is 10.6 Å². The number of ether oxygens (including phenoxy) is 1. The Kier molecular flexibility index (Phi) is 6.87. The summed E-state index contributed by atoms with van der Waals surface area (Å²) in [6, 6.07) is 12.4. The zero-order chi connectivity index (χ0) is 21.6. The Morgan fingerprint density at radius 1 is 1.07 bits per heavy atom. The normalized spacial score (nSPS) is 16.1. The van der Waals surface area contributed by atoms with Crippen LogP contribution < -0.4 is 16.4 Å². The van der Waals surface area contributed by atoms with Gasteiger partial charge in [-0.15, -0.1) is 0 Å². The van der Waals surface area contributed by atoms with E-state index in [0.29, 0.717) is 50.3 Å². The van der Waals surface area contributed by atoms with Crippen molar-refractivity contribution in [2.24, 2.45) is 0 Å². The minimum Gasteiger partial charge on any atom is -0.399 e. The third-order valence-corrected chi connectivity index (χ3v) is 5.52. The van der Waals surface area contributed by atoms with Crippen LogP contribution in [0.4, 0.5) is 23.7 Å². The number of amides is 2. The highest BCUT2D eigenvalue weighted by molar-refractivity contribution is 5.74. The number of rotatable bonds is 6. The number of nitrogens with one attached hydrogen (secondary N) is 2. The maximum absolute atomic E-state index is 13.2. The van der Waals surface area contributed by atoms with E-state index in [1.165, 1.54) is 12.1 Å². The van der Waals surface area contributed by atoms with Gasteiger partial charge in [0, 0.05) is 37.4 Å². The highest BCUT2D eigenvalue weighted by Gasteiger charge is 2.37. The molecular weight excluding hydrogens is 395 g/mol. The van der Waals surface area contributed by atoms with Crippen LogP contribution in [0.25, 0.3) is 0 Å². The number of anilines is 1. The fourth-order valence-electron chi connectivity index (χ4n) is 3.67. The minimum atomic E-state index is -4.41. The van der Waals surface area contributed by atoms with Crippen molar-refractivity contribution < 1.29 is 22.7 Å². The third kappa shape index (κ3) is 5.66. The predicted molar refractivity (Wildman–Crippen MR) is 109 cm³/mol. The largest absolute Gasteiger partial charge is 0.416 e. The van der Waals surface area contributed by atoms with E-state index in [2.05, 4.69) is 10.6 Å². The van der Waals surface area contributed by atoms with Gasteiger partial charge in [0.25, 0.3) is 0 Å². The quantitative estimate of drug-likeness (QED) is 0.620. The molecule has 1 aliphatic heterocycles.